The van der Waals surface area contributed by atoms with Gasteiger partial charge in [-0.2, -0.15) is 0 Å². The molecule has 2 heterocycles. The number of anilines is 1. The van der Waals surface area contributed by atoms with Gasteiger partial charge in [-0.1, -0.05) is 0 Å². The van der Waals surface area contributed by atoms with Crippen molar-refractivity contribution >= 4 is 16.6 Å². The SMILES string of the molecule is COCCn1c(C(F)N2CCN(C)CC2)nc2ccc(N)cc2c1=O. The maximum absolute atomic E-state index is 15.2. The molecule has 136 valence electrons. The molecule has 1 saturated heterocycles. The van der Waals surface area contributed by atoms with E-state index in [0.717, 1.165) is 13.1 Å². The van der Waals surface area contributed by atoms with Crippen LogP contribution in [-0.4, -0.2) is 66.3 Å². The second kappa shape index (κ2) is 7.47. The van der Waals surface area contributed by atoms with Crippen LogP contribution in [-0.2, 0) is 11.3 Å². The van der Waals surface area contributed by atoms with E-state index < -0.39 is 6.30 Å². The number of fused-ring (bicyclic) bond motifs is 1. The number of nitrogens with zero attached hydrogens (tertiary/aromatic N) is 4. The predicted molar refractivity (Wildman–Crippen MR) is 95.2 cm³/mol. The van der Waals surface area contributed by atoms with Gasteiger partial charge in [0, 0.05) is 39.0 Å². The van der Waals surface area contributed by atoms with Crippen molar-refractivity contribution in [3.05, 3.63) is 34.4 Å². The zero-order valence-corrected chi connectivity index (χ0v) is 14.6. The number of methoxy groups -OCH3 is 1. The first kappa shape index (κ1) is 17.8. The van der Waals surface area contributed by atoms with Crippen molar-refractivity contribution < 1.29 is 9.13 Å². The average Bonchev–Trinajstić information content (AvgIpc) is 2.61. The van der Waals surface area contributed by atoms with Gasteiger partial charge in [0.05, 0.1) is 24.1 Å². The van der Waals surface area contributed by atoms with Gasteiger partial charge < -0.3 is 15.4 Å². The maximum atomic E-state index is 15.2. The monoisotopic (exact) mass is 349 g/mol. The van der Waals surface area contributed by atoms with Crippen molar-refractivity contribution in [2.24, 2.45) is 0 Å². The summed E-state index contributed by atoms with van der Waals surface area (Å²) in [5, 5.41) is 0.394. The molecule has 1 atom stereocenters. The van der Waals surface area contributed by atoms with E-state index >= 15 is 4.39 Å². The van der Waals surface area contributed by atoms with Crippen molar-refractivity contribution in [1.29, 1.82) is 0 Å². The predicted octanol–water partition coefficient (Wildman–Crippen LogP) is 0.841. The second-order valence-electron chi connectivity index (χ2n) is 6.37. The summed E-state index contributed by atoms with van der Waals surface area (Å²) >= 11 is 0. The minimum atomic E-state index is -1.43. The molecule has 3 rings (SSSR count). The summed E-state index contributed by atoms with van der Waals surface area (Å²) in [5.74, 6) is 0.129. The van der Waals surface area contributed by atoms with Gasteiger partial charge in [0.1, 0.15) is 0 Å². The number of alkyl halides is 1. The van der Waals surface area contributed by atoms with E-state index in [9.17, 15) is 4.79 Å². The highest BCUT2D eigenvalue weighted by atomic mass is 19.1. The van der Waals surface area contributed by atoms with Crippen LogP contribution in [0.3, 0.4) is 0 Å². The Labute approximate surface area is 145 Å². The van der Waals surface area contributed by atoms with Crippen LogP contribution in [0, 0.1) is 0 Å². The highest BCUT2D eigenvalue weighted by Crippen LogP contribution is 2.23. The van der Waals surface area contributed by atoms with Crippen LogP contribution in [0.2, 0.25) is 0 Å². The molecule has 1 unspecified atom stereocenters. The molecule has 1 fully saturated rings. The molecule has 0 radical (unpaired) electrons. The van der Waals surface area contributed by atoms with E-state index in [2.05, 4.69) is 9.88 Å². The van der Waals surface area contributed by atoms with Gasteiger partial charge >= 0.3 is 0 Å². The number of nitrogen functional groups attached to an aromatic ring is 1. The van der Waals surface area contributed by atoms with Gasteiger partial charge in [-0.25, -0.2) is 9.37 Å². The zero-order chi connectivity index (χ0) is 18.0. The number of hydrogen-bond acceptors (Lipinski definition) is 6. The summed E-state index contributed by atoms with van der Waals surface area (Å²) in [6.07, 6.45) is -1.43. The average molecular weight is 349 g/mol. The third-order valence-corrected chi connectivity index (χ3v) is 4.60. The number of likely N-dealkylation sites (N-methyl/N-ethyl adjacent to an activating group) is 1. The molecule has 2 aromatic rings. The molecule has 0 bridgehead atoms. The fraction of sp³-hybridized carbons (Fsp3) is 0.529. The Bertz CT molecular complexity index is 801. The number of piperazine rings is 1. The number of ether oxygens (including phenoxy) is 1. The number of rotatable bonds is 5. The molecule has 8 heteroatoms. The van der Waals surface area contributed by atoms with Crippen molar-refractivity contribution in [3.8, 4) is 0 Å². The van der Waals surface area contributed by atoms with Crippen molar-refractivity contribution in [3.63, 3.8) is 0 Å². The Morgan fingerprint density at radius 1 is 1.32 bits per heavy atom. The molecule has 1 aliphatic rings. The Balaban J connectivity index is 2.05. The molecule has 0 saturated carbocycles. The molecule has 1 aromatic carbocycles. The van der Waals surface area contributed by atoms with Gasteiger partial charge in [-0.3, -0.25) is 14.3 Å². The quantitative estimate of drug-likeness (QED) is 0.637. The van der Waals surface area contributed by atoms with Gasteiger partial charge in [-0.15, -0.1) is 0 Å². The van der Waals surface area contributed by atoms with Crippen molar-refractivity contribution in [2.75, 3.05) is 52.7 Å². The summed E-state index contributed by atoms with van der Waals surface area (Å²) in [7, 11) is 3.56. The van der Waals surface area contributed by atoms with Crippen LogP contribution < -0.4 is 11.3 Å². The maximum Gasteiger partial charge on any atom is 0.261 e. The lowest BCUT2D eigenvalue weighted by Gasteiger charge is -2.34. The number of aromatic nitrogens is 2. The molecular weight excluding hydrogens is 325 g/mol. The van der Waals surface area contributed by atoms with Gasteiger partial charge in [0.25, 0.3) is 5.56 Å². The molecular formula is C17H24FN5O2. The Hall–Kier alpha value is -2.03. The molecule has 0 aliphatic carbocycles. The first-order valence-corrected chi connectivity index (χ1v) is 8.37. The fourth-order valence-corrected chi connectivity index (χ4v) is 3.05. The number of benzene rings is 1. The molecule has 7 nitrogen and oxygen atoms in total. The second-order valence-corrected chi connectivity index (χ2v) is 6.37. The molecule has 25 heavy (non-hydrogen) atoms. The Morgan fingerprint density at radius 2 is 2.04 bits per heavy atom. The summed E-state index contributed by atoms with van der Waals surface area (Å²) in [5.41, 5.74) is 6.43. The van der Waals surface area contributed by atoms with Gasteiger partial charge in [0.2, 0.25) is 6.30 Å². The number of hydrogen-bond donors (Lipinski definition) is 1. The summed E-state index contributed by atoms with van der Waals surface area (Å²) in [6.45, 7) is 3.31. The third kappa shape index (κ3) is 3.65. The van der Waals surface area contributed by atoms with E-state index in [1.807, 2.05) is 7.05 Å². The standard InChI is InChI=1S/C17H24FN5O2/c1-21-5-7-22(8-6-21)15(18)16-20-14-4-3-12(19)11-13(14)17(24)23(16)9-10-25-2/h3-4,11,15H,5-10,19H2,1-2H3. The minimum Gasteiger partial charge on any atom is -0.399 e. The largest absolute Gasteiger partial charge is 0.399 e. The zero-order valence-electron chi connectivity index (χ0n) is 14.6. The number of halogens is 1. The molecule has 1 aromatic heterocycles. The summed E-state index contributed by atoms with van der Waals surface area (Å²) < 4.78 is 21.7. The highest BCUT2D eigenvalue weighted by Gasteiger charge is 2.28. The lowest BCUT2D eigenvalue weighted by Crippen LogP contribution is -2.46. The van der Waals surface area contributed by atoms with Crippen molar-refractivity contribution in [2.45, 2.75) is 12.8 Å². The van der Waals surface area contributed by atoms with E-state index in [-0.39, 0.29) is 17.9 Å². The first-order chi connectivity index (χ1) is 12.0. The summed E-state index contributed by atoms with van der Waals surface area (Å²) in [4.78, 5) is 21.2. The van der Waals surface area contributed by atoms with Gasteiger partial charge in [-0.05, 0) is 25.2 Å². The van der Waals surface area contributed by atoms with E-state index in [1.165, 1.54) is 4.57 Å². The highest BCUT2D eigenvalue weighted by molar-refractivity contribution is 5.81. The summed E-state index contributed by atoms with van der Waals surface area (Å²) in [6, 6.07) is 4.91. The van der Waals surface area contributed by atoms with Gasteiger partial charge in [0.15, 0.2) is 5.82 Å². The molecule has 2 N–H and O–H groups in total. The molecule has 0 spiro atoms. The molecule has 1 aliphatic heterocycles. The first-order valence-electron chi connectivity index (χ1n) is 8.37. The topological polar surface area (TPSA) is 76.6 Å². The van der Waals surface area contributed by atoms with Crippen LogP contribution in [0.1, 0.15) is 12.1 Å². The van der Waals surface area contributed by atoms with Crippen molar-refractivity contribution in [1.82, 2.24) is 19.4 Å². The van der Waals surface area contributed by atoms with E-state index in [4.69, 9.17) is 10.5 Å². The van der Waals surface area contributed by atoms with E-state index in [0.29, 0.717) is 36.3 Å². The van der Waals surface area contributed by atoms with Crippen LogP contribution in [0.5, 0.6) is 0 Å². The molecule has 0 amide bonds. The smallest absolute Gasteiger partial charge is 0.261 e. The fourth-order valence-electron chi connectivity index (χ4n) is 3.05. The normalized spacial score (nSPS) is 17.9. The lowest BCUT2D eigenvalue weighted by molar-refractivity contribution is 0.0293. The van der Waals surface area contributed by atoms with Crippen LogP contribution >= 0.6 is 0 Å². The lowest BCUT2D eigenvalue weighted by atomic mass is 10.2. The minimum absolute atomic E-state index is 0.129. The Morgan fingerprint density at radius 3 is 2.72 bits per heavy atom. The van der Waals surface area contributed by atoms with Crippen LogP contribution in [0.15, 0.2) is 23.0 Å². The Kier molecular flexibility index (Phi) is 5.31. The third-order valence-electron chi connectivity index (χ3n) is 4.60. The number of nitrogens with two attached hydrogens (primary N) is 1. The van der Waals surface area contributed by atoms with Crippen LogP contribution in [0.4, 0.5) is 10.1 Å². The van der Waals surface area contributed by atoms with E-state index in [1.54, 1.807) is 30.2 Å². The van der Waals surface area contributed by atoms with Crippen LogP contribution in [0.25, 0.3) is 10.9 Å².